The molecule has 2 heterocycles. The van der Waals surface area contributed by atoms with Crippen LogP contribution in [0.5, 0.6) is 0 Å². The summed E-state index contributed by atoms with van der Waals surface area (Å²) >= 11 is 7.27. The molecule has 3 rings (SSSR count). The summed E-state index contributed by atoms with van der Waals surface area (Å²) < 4.78 is 17.9. The molecule has 0 fully saturated rings. The second-order valence-corrected chi connectivity index (χ2v) is 6.67. The van der Waals surface area contributed by atoms with E-state index in [1.54, 1.807) is 30.8 Å². The maximum absolute atomic E-state index is 13.9. The van der Waals surface area contributed by atoms with Crippen molar-refractivity contribution in [3.8, 4) is 0 Å². The van der Waals surface area contributed by atoms with Crippen LogP contribution in [0, 0.1) is 5.82 Å². The van der Waals surface area contributed by atoms with Crippen LogP contribution in [-0.4, -0.2) is 18.7 Å². The SMILES string of the molecule is Cn1c(=O)c2nc(SCc3c(F)cccc3Cl)n(C)c2n(C)c1=O. The average Bonchev–Trinajstić information content (AvgIpc) is 2.87. The molecule has 9 heteroatoms. The molecule has 3 aromatic rings. The van der Waals surface area contributed by atoms with E-state index in [1.165, 1.54) is 29.4 Å². The average molecular weight is 369 g/mol. The van der Waals surface area contributed by atoms with Crippen molar-refractivity contribution in [1.82, 2.24) is 18.7 Å². The predicted molar refractivity (Wildman–Crippen MR) is 92.2 cm³/mol. The Morgan fingerprint density at radius 1 is 1.17 bits per heavy atom. The summed E-state index contributed by atoms with van der Waals surface area (Å²) in [5, 5.41) is 0.840. The van der Waals surface area contributed by atoms with Crippen molar-refractivity contribution in [2.45, 2.75) is 10.9 Å². The molecule has 0 bridgehead atoms. The first-order chi connectivity index (χ1) is 11.3. The van der Waals surface area contributed by atoms with E-state index in [0.717, 1.165) is 4.57 Å². The maximum Gasteiger partial charge on any atom is 0.332 e. The van der Waals surface area contributed by atoms with E-state index in [-0.39, 0.29) is 11.3 Å². The highest BCUT2D eigenvalue weighted by Gasteiger charge is 2.18. The minimum absolute atomic E-state index is 0.198. The highest BCUT2D eigenvalue weighted by Crippen LogP contribution is 2.28. The van der Waals surface area contributed by atoms with Crippen LogP contribution in [0.2, 0.25) is 5.02 Å². The quantitative estimate of drug-likeness (QED) is 0.664. The van der Waals surface area contributed by atoms with Crippen molar-refractivity contribution in [2.24, 2.45) is 21.1 Å². The molecule has 0 atom stereocenters. The summed E-state index contributed by atoms with van der Waals surface area (Å²) in [7, 11) is 4.69. The lowest BCUT2D eigenvalue weighted by Crippen LogP contribution is -2.37. The fourth-order valence-electron chi connectivity index (χ4n) is 2.49. The molecule has 0 unspecified atom stereocenters. The Hall–Kier alpha value is -2.06. The Bertz CT molecular complexity index is 1050. The zero-order chi connectivity index (χ0) is 17.6. The molecule has 0 saturated carbocycles. The maximum atomic E-state index is 13.9. The molecule has 0 N–H and O–H groups in total. The van der Waals surface area contributed by atoms with Gasteiger partial charge in [0.05, 0.1) is 0 Å². The molecular weight excluding hydrogens is 355 g/mol. The van der Waals surface area contributed by atoms with Gasteiger partial charge in [-0.15, -0.1) is 0 Å². The van der Waals surface area contributed by atoms with E-state index in [2.05, 4.69) is 4.98 Å². The number of aryl methyl sites for hydroxylation is 2. The minimum atomic E-state index is -0.459. The smallest absolute Gasteiger partial charge is 0.308 e. The molecule has 0 aliphatic carbocycles. The summed E-state index contributed by atoms with van der Waals surface area (Å²) in [5.74, 6) is -0.131. The van der Waals surface area contributed by atoms with Crippen molar-refractivity contribution in [3.63, 3.8) is 0 Å². The topological polar surface area (TPSA) is 61.8 Å². The van der Waals surface area contributed by atoms with Crippen LogP contribution in [0.15, 0.2) is 32.9 Å². The fraction of sp³-hybridized carbons (Fsp3) is 0.267. The van der Waals surface area contributed by atoms with E-state index < -0.39 is 17.1 Å². The molecule has 0 amide bonds. The Morgan fingerprint density at radius 2 is 1.88 bits per heavy atom. The van der Waals surface area contributed by atoms with Gasteiger partial charge >= 0.3 is 5.69 Å². The highest BCUT2D eigenvalue weighted by atomic mass is 35.5. The van der Waals surface area contributed by atoms with Crippen LogP contribution in [-0.2, 0) is 26.9 Å². The molecular formula is C15H14ClFN4O2S. The number of halogens is 2. The van der Waals surface area contributed by atoms with Gasteiger partial charge in [0, 0.05) is 37.5 Å². The lowest BCUT2D eigenvalue weighted by atomic mass is 10.2. The molecule has 0 spiro atoms. The van der Waals surface area contributed by atoms with Gasteiger partial charge in [0.15, 0.2) is 16.3 Å². The molecule has 2 aromatic heterocycles. The Kier molecular flexibility index (Phi) is 4.27. The van der Waals surface area contributed by atoms with Crippen LogP contribution in [0.25, 0.3) is 11.2 Å². The van der Waals surface area contributed by atoms with Gasteiger partial charge in [-0.1, -0.05) is 29.4 Å². The lowest BCUT2D eigenvalue weighted by molar-refractivity contribution is 0.617. The van der Waals surface area contributed by atoms with Crippen molar-refractivity contribution < 1.29 is 4.39 Å². The number of fused-ring (bicyclic) bond motifs is 1. The van der Waals surface area contributed by atoms with Gasteiger partial charge in [-0.3, -0.25) is 13.9 Å². The molecule has 0 radical (unpaired) electrons. The van der Waals surface area contributed by atoms with Crippen LogP contribution in [0.4, 0.5) is 4.39 Å². The number of nitrogens with zero attached hydrogens (tertiary/aromatic N) is 4. The van der Waals surface area contributed by atoms with Crippen molar-refractivity contribution in [3.05, 3.63) is 55.4 Å². The number of imidazole rings is 1. The van der Waals surface area contributed by atoms with Crippen LogP contribution in [0.1, 0.15) is 5.56 Å². The van der Waals surface area contributed by atoms with E-state index in [1.807, 2.05) is 0 Å². The second kappa shape index (κ2) is 6.10. The van der Waals surface area contributed by atoms with E-state index in [9.17, 15) is 14.0 Å². The zero-order valence-electron chi connectivity index (χ0n) is 13.2. The third kappa shape index (κ3) is 2.55. The predicted octanol–water partition coefficient (Wildman–Crippen LogP) is 2.06. The molecule has 24 heavy (non-hydrogen) atoms. The Balaban J connectivity index is 2.07. The molecule has 6 nitrogen and oxygen atoms in total. The van der Waals surface area contributed by atoms with Crippen molar-refractivity contribution in [2.75, 3.05) is 0 Å². The van der Waals surface area contributed by atoms with Crippen LogP contribution < -0.4 is 11.2 Å². The van der Waals surface area contributed by atoms with Gasteiger partial charge in [0.25, 0.3) is 5.56 Å². The van der Waals surface area contributed by atoms with Gasteiger partial charge in [-0.05, 0) is 12.1 Å². The van der Waals surface area contributed by atoms with Gasteiger partial charge < -0.3 is 4.57 Å². The van der Waals surface area contributed by atoms with Crippen molar-refractivity contribution >= 4 is 34.5 Å². The number of rotatable bonds is 3. The fourth-order valence-corrected chi connectivity index (χ4v) is 3.81. The lowest BCUT2D eigenvalue weighted by Gasteiger charge is -2.07. The zero-order valence-corrected chi connectivity index (χ0v) is 14.8. The number of hydrogen-bond donors (Lipinski definition) is 0. The number of hydrogen-bond acceptors (Lipinski definition) is 4. The summed E-state index contributed by atoms with van der Waals surface area (Å²) in [6.07, 6.45) is 0. The second-order valence-electron chi connectivity index (χ2n) is 5.32. The van der Waals surface area contributed by atoms with Gasteiger partial charge in [0.1, 0.15) is 5.82 Å². The Labute approximate surface area is 145 Å². The van der Waals surface area contributed by atoms with E-state index >= 15 is 0 Å². The highest BCUT2D eigenvalue weighted by molar-refractivity contribution is 7.98. The largest absolute Gasteiger partial charge is 0.332 e. The first-order valence-electron chi connectivity index (χ1n) is 7.01. The first kappa shape index (κ1) is 16.8. The molecule has 0 aliphatic rings. The van der Waals surface area contributed by atoms with Crippen LogP contribution >= 0.6 is 23.4 Å². The molecule has 126 valence electrons. The standard InChI is InChI=1S/C15H14ClFN4O2S/c1-19-12-11(13(22)21(3)15(23)20(12)2)18-14(19)24-7-8-9(16)5-4-6-10(8)17/h4-6H,7H2,1-3H3. The van der Waals surface area contributed by atoms with Crippen molar-refractivity contribution in [1.29, 1.82) is 0 Å². The summed E-state index contributed by atoms with van der Waals surface area (Å²) in [6, 6.07) is 4.51. The normalized spacial score (nSPS) is 11.4. The van der Waals surface area contributed by atoms with E-state index in [0.29, 0.717) is 21.4 Å². The monoisotopic (exact) mass is 368 g/mol. The summed E-state index contributed by atoms with van der Waals surface area (Å²) in [4.78, 5) is 28.6. The van der Waals surface area contributed by atoms with Gasteiger partial charge in [0.2, 0.25) is 0 Å². The summed E-state index contributed by atoms with van der Waals surface area (Å²) in [5.41, 5.74) is 0.108. The molecule has 0 saturated heterocycles. The third-order valence-corrected chi connectivity index (χ3v) is 5.24. The van der Waals surface area contributed by atoms with Gasteiger partial charge in [-0.2, -0.15) is 0 Å². The van der Waals surface area contributed by atoms with E-state index in [4.69, 9.17) is 11.6 Å². The summed E-state index contributed by atoms with van der Waals surface area (Å²) in [6.45, 7) is 0. The van der Waals surface area contributed by atoms with Crippen LogP contribution in [0.3, 0.4) is 0 Å². The minimum Gasteiger partial charge on any atom is -0.308 e. The molecule has 1 aromatic carbocycles. The number of benzene rings is 1. The van der Waals surface area contributed by atoms with Gasteiger partial charge in [-0.25, -0.2) is 14.2 Å². The molecule has 0 aliphatic heterocycles. The third-order valence-electron chi connectivity index (χ3n) is 3.83. The number of aromatic nitrogens is 4. The Morgan fingerprint density at radius 3 is 2.54 bits per heavy atom. The first-order valence-corrected chi connectivity index (χ1v) is 8.37. The number of thioether (sulfide) groups is 1.